The maximum atomic E-state index is 12.3. The molecule has 138 valence electrons. The topological polar surface area (TPSA) is 67.4 Å². The number of aromatic nitrogens is 2. The summed E-state index contributed by atoms with van der Waals surface area (Å²) in [6.45, 7) is 3.40. The van der Waals surface area contributed by atoms with Crippen LogP contribution in [0.15, 0.2) is 30.6 Å². The number of piperidine rings is 1. The van der Waals surface area contributed by atoms with Crippen LogP contribution in [0, 0.1) is 5.92 Å². The van der Waals surface area contributed by atoms with Crippen molar-refractivity contribution in [2.45, 2.75) is 38.1 Å². The first-order valence-electron chi connectivity index (χ1n) is 9.61. The number of anilines is 1. The van der Waals surface area contributed by atoms with Crippen LogP contribution < -0.4 is 10.2 Å². The van der Waals surface area contributed by atoms with Gasteiger partial charge < -0.3 is 15.0 Å². The largest absolute Gasteiger partial charge is 0.381 e. The molecule has 6 nitrogen and oxygen atoms in total. The molecule has 2 saturated heterocycles. The SMILES string of the molecule is O=C(CC1CCN(c2ncnc3ccccc23)CC1)NC1CCOCC1. The van der Waals surface area contributed by atoms with Crippen molar-refractivity contribution in [1.82, 2.24) is 15.3 Å². The van der Waals surface area contributed by atoms with E-state index in [2.05, 4.69) is 26.3 Å². The van der Waals surface area contributed by atoms with Crippen LogP contribution in [0.25, 0.3) is 10.9 Å². The summed E-state index contributed by atoms with van der Waals surface area (Å²) >= 11 is 0. The van der Waals surface area contributed by atoms with Crippen molar-refractivity contribution in [3.8, 4) is 0 Å². The molecule has 0 saturated carbocycles. The molecule has 0 spiro atoms. The molecular formula is C20H26N4O2. The van der Waals surface area contributed by atoms with E-state index in [9.17, 15) is 4.79 Å². The lowest BCUT2D eigenvalue weighted by Crippen LogP contribution is -2.41. The standard InChI is InChI=1S/C20H26N4O2/c25-19(23-16-7-11-26-12-8-16)13-15-5-9-24(10-6-15)20-17-3-1-2-4-18(17)21-14-22-20/h1-4,14-16H,5-13H2,(H,23,25). The number of nitrogens with one attached hydrogen (secondary N) is 1. The number of ether oxygens (including phenoxy) is 1. The molecule has 1 N–H and O–H groups in total. The normalized spacial score (nSPS) is 19.6. The van der Waals surface area contributed by atoms with Gasteiger partial charge in [-0.05, 0) is 43.7 Å². The maximum Gasteiger partial charge on any atom is 0.220 e. The lowest BCUT2D eigenvalue weighted by atomic mass is 9.92. The lowest BCUT2D eigenvalue weighted by molar-refractivity contribution is -0.123. The number of nitrogens with zero attached hydrogens (tertiary/aromatic N) is 3. The maximum absolute atomic E-state index is 12.3. The summed E-state index contributed by atoms with van der Waals surface area (Å²) in [5.74, 6) is 1.67. The molecule has 4 rings (SSSR count). The fourth-order valence-corrected chi connectivity index (χ4v) is 3.98. The molecule has 2 aromatic rings. The van der Waals surface area contributed by atoms with Crippen LogP contribution in [0.5, 0.6) is 0 Å². The average Bonchev–Trinajstić information content (AvgIpc) is 2.69. The molecule has 0 bridgehead atoms. The summed E-state index contributed by atoms with van der Waals surface area (Å²) in [5, 5.41) is 4.28. The Morgan fingerprint density at radius 2 is 1.88 bits per heavy atom. The highest BCUT2D eigenvalue weighted by Gasteiger charge is 2.24. The Morgan fingerprint density at radius 1 is 1.12 bits per heavy atom. The predicted octanol–water partition coefficient (Wildman–Crippen LogP) is 2.53. The Morgan fingerprint density at radius 3 is 2.69 bits per heavy atom. The van der Waals surface area contributed by atoms with Crippen molar-refractivity contribution in [2.24, 2.45) is 5.92 Å². The number of hydrogen-bond donors (Lipinski definition) is 1. The van der Waals surface area contributed by atoms with Crippen LogP contribution in [0.3, 0.4) is 0 Å². The van der Waals surface area contributed by atoms with Gasteiger partial charge in [0.2, 0.25) is 5.91 Å². The smallest absolute Gasteiger partial charge is 0.220 e. The summed E-state index contributed by atoms with van der Waals surface area (Å²) in [6.07, 6.45) is 6.20. The zero-order valence-corrected chi connectivity index (χ0v) is 15.1. The molecule has 2 fully saturated rings. The molecule has 1 aromatic heterocycles. The van der Waals surface area contributed by atoms with Crippen LogP contribution in [-0.4, -0.2) is 48.2 Å². The van der Waals surface area contributed by atoms with Crippen molar-refractivity contribution in [2.75, 3.05) is 31.2 Å². The quantitative estimate of drug-likeness (QED) is 0.914. The van der Waals surface area contributed by atoms with Crippen LogP contribution in [-0.2, 0) is 9.53 Å². The van der Waals surface area contributed by atoms with Crippen LogP contribution in [0.4, 0.5) is 5.82 Å². The van der Waals surface area contributed by atoms with E-state index in [-0.39, 0.29) is 5.91 Å². The molecule has 26 heavy (non-hydrogen) atoms. The van der Waals surface area contributed by atoms with Gasteiger partial charge in [-0.25, -0.2) is 9.97 Å². The van der Waals surface area contributed by atoms with E-state index in [0.29, 0.717) is 18.4 Å². The second-order valence-corrected chi connectivity index (χ2v) is 7.30. The van der Waals surface area contributed by atoms with Crippen molar-refractivity contribution in [1.29, 1.82) is 0 Å². The first-order valence-corrected chi connectivity index (χ1v) is 9.61. The zero-order valence-electron chi connectivity index (χ0n) is 15.1. The third kappa shape index (κ3) is 3.96. The van der Waals surface area contributed by atoms with Crippen molar-refractivity contribution in [3.63, 3.8) is 0 Å². The number of amides is 1. The minimum absolute atomic E-state index is 0.197. The fourth-order valence-electron chi connectivity index (χ4n) is 3.98. The van der Waals surface area contributed by atoms with E-state index in [1.54, 1.807) is 6.33 Å². The van der Waals surface area contributed by atoms with Crippen molar-refractivity contribution in [3.05, 3.63) is 30.6 Å². The first-order chi connectivity index (χ1) is 12.8. The second-order valence-electron chi connectivity index (χ2n) is 7.30. The monoisotopic (exact) mass is 354 g/mol. The summed E-state index contributed by atoms with van der Waals surface area (Å²) < 4.78 is 5.35. The van der Waals surface area contributed by atoms with Gasteiger partial charge in [-0.2, -0.15) is 0 Å². The number of fused-ring (bicyclic) bond motifs is 1. The van der Waals surface area contributed by atoms with Crippen molar-refractivity contribution < 1.29 is 9.53 Å². The van der Waals surface area contributed by atoms with Gasteiger partial charge in [-0.1, -0.05) is 12.1 Å². The fraction of sp³-hybridized carbons (Fsp3) is 0.550. The molecule has 2 aliphatic rings. The summed E-state index contributed by atoms with van der Waals surface area (Å²) in [7, 11) is 0. The number of rotatable bonds is 4. The molecule has 3 heterocycles. The molecule has 1 amide bonds. The minimum atomic E-state index is 0.197. The Kier molecular flexibility index (Phi) is 5.29. The predicted molar refractivity (Wildman–Crippen MR) is 101 cm³/mol. The number of para-hydroxylation sites is 1. The molecule has 1 aromatic carbocycles. The van der Waals surface area contributed by atoms with Gasteiger partial charge in [0.15, 0.2) is 0 Å². The first kappa shape index (κ1) is 17.2. The van der Waals surface area contributed by atoms with Gasteiger partial charge in [0.25, 0.3) is 0 Å². The highest BCUT2D eigenvalue weighted by molar-refractivity contribution is 5.89. The van der Waals surface area contributed by atoms with Gasteiger partial charge in [0.1, 0.15) is 12.1 Å². The average molecular weight is 354 g/mol. The van der Waals surface area contributed by atoms with E-state index in [0.717, 1.165) is 68.7 Å². The summed E-state index contributed by atoms with van der Waals surface area (Å²) in [5.41, 5.74) is 0.982. The molecule has 0 unspecified atom stereocenters. The Labute approximate surface area is 154 Å². The molecule has 2 aliphatic heterocycles. The zero-order chi connectivity index (χ0) is 17.8. The van der Waals surface area contributed by atoms with Gasteiger partial charge >= 0.3 is 0 Å². The van der Waals surface area contributed by atoms with Crippen molar-refractivity contribution >= 4 is 22.6 Å². The lowest BCUT2D eigenvalue weighted by Gasteiger charge is -2.33. The third-order valence-electron chi connectivity index (χ3n) is 5.50. The van der Waals surface area contributed by atoms with Crippen LogP contribution in [0.2, 0.25) is 0 Å². The van der Waals surface area contributed by atoms with Gasteiger partial charge in [0, 0.05) is 44.2 Å². The van der Waals surface area contributed by atoms with Crippen LogP contribution in [0.1, 0.15) is 32.1 Å². The summed E-state index contributed by atoms with van der Waals surface area (Å²) in [6, 6.07) is 8.43. The Bertz CT molecular complexity index is 747. The van der Waals surface area contributed by atoms with E-state index >= 15 is 0 Å². The van der Waals surface area contributed by atoms with Crippen LogP contribution >= 0.6 is 0 Å². The molecule has 0 aliphatic carbocycles. The van der Waals surface area contributed by atoms with E-state index < -0.39 is 0 Å². The summed E-state index contributed by atoms with van der Waals surface area (Å²) in [4.78, 5) is 23.5. The highest BCUT2D eigenvalue weighted by Crippen LogP contribution is 2.28. The molecule has 0 radical (unpaired) electrons. The van der Waals surface area contributed by atoms with E-state index in [1.807, 2.05) is 18.2 Å². The van der Waals surface area contributed by atoms with Gasteiger partial charge in [0.05, 0.1) is 5.52 Å². The number of benzene rings is 1. The molecule has 0 atom stereocenters. The van der Waals surface area contributed by atoms with E-state index in [4.69, 9.17) is 4.74 Å². The Hall–Kier alpha value is -2.21. The number of carbonyl (C=O) groups excluding carboxylic acids is 1. The van der Waals surface area contributed by atoms with E-state index in [1.165, 1.54) is 0 Å². The molecule has 6 heteroatoms. The number of hydrogen-bond acceptors (Lipinski definition) is 5. The minimum Gasteiger partial charge on any atom is -0.381 e. The third-order valence-corrected chi connectivity index (χ3v) is 5.50. The second kappa shape index (κ2) is 7.99. The molecular weight excluding hydrogens is 328 g/mol. The van der Waals surface area contributed by atoms with Gasteiger partial charge in [-0.3, -0.25) is 4.79 Å². The highest BCUT2D eigenvalue weighted by atomic mass is 16.5. The number of carbonyl (C=O) groups is 1. The van der Waals surface area contributed by atoms with Gasteiger partial charge in [-0.15, -0.1) is 0 Å². The Balaban J connectivity index is 1.31.